The summed E-state index contributed by atoms with van der Waals surface area (Å²) in [4.78, 5) is 0. The third-order valence-corrected chi connectivity index (χ3v) is 17.8. The second-order valence-electron chi connectivity index (χ2n) is 28.8. The molecule has 0 atom stereocenters. The lowest BCUT2D eigenvalue weighted by atomic mass is 10.0. The first-order valence-corrected chi connectivity index (χ1v) is 49.5. The molecule has 0 aromatic rings. The molecule has 0 aliphatic carbocycles. The molecule has 40 heteroatoms. The third-order valence-electron chi connectivity index (χ3n) is 17.8. The normalized spacial score (nSPS) is 11.9. The van der Waals surface area contributed by atoms with E-state index in [9.17, 15) is 0 Å². The molecule has 0 rings (SSSR count). The van der Waals surface area contributed by atoms with E-state index in [1.54, 1.807) is 0 Å². The van der Waals surface area contributed by atoms with Crippen molar-refractivity contribution in [2.45, 2.75) is 90.4 Å². The number of aliphatic hydroxyl groups excluding tert-OH is 1. The van der Waals surface area contributed by atoms with Crippen LogP contribution in [0, 0.1) is 0 Å². The predicted octanol–water partition coefficient (Wildman–Crippen LogP) is 5.72. The second kappa shape index (κ2) is 130. The molecule has 0 heterocycles. The molecule has 800 valence electrons. The minimum atomic E-state index is 0.0151. The molecule has 0 bridgehead atoms. The molecule has 0 aliphatic heterocycles. The topological polar surface area (TPSA) is 380 Å². The van der Waals surface area contributed by atoms with Gasteiger partial charge in [0.1, 0.15) is 0 Å². The molecule has 133 heavy (non-hydrogen) atoms. The van der Waals surface area contributed by atoms with E-state index in [0.717, 1.165) is 13.0 Å². The molecular formula is C93H188O40. The van der Waals surface area contributed by atoms with Crippen LogP contribution in [-0.2, 0) is 185 Å². The van der Waals surface area contributed by atoms with Gasteiger partial charge in [0.25, 0.3) is 0 Å². The molecule has 0 amide bonds. The van der Waals surface area contributed by atoms with Crippen molar-refractivity contribution in [1.29, 1.82) is 0 Å². The Balaban J connectivity index is 3.10. The maximum absolute atomic E-state index is 8.63. The highest BCUT2D eigenvalue weighted by atomic mass is 16.6. The molecule has 0 aromatic heterocycles. The van der Waals surface area contributed by atoms with Gasteiger partial charge in [-0.25, -0.2) is 0 Å². The van der Waals surface area contributed by atoms with Crippen molar-refractivity contribution < 1.29 is 190 Å². The van der Waals surface area contributed by atoms with E-state index in [-0.39, 0.29) is 6.61 Å². The minimum absolute atomic E-state index is 0.0151. The highest BCUT2D eigenvalue weighted by Crippen LogP contribution is 2.13. The smallest absolute Gasteiger partial charge is 0.0701 e. The van der Waals surface area contributed by atoms with Crippen LogP contribution in [0.1, 0.15) is 90.4 Å². The zero-order valence-electron chi connectivity index (χ0n) is 82.4. The molecule has 0 saturated heterocycles. The Hall–Kier alpha value is -1.60. The van der Waals surface area contributed by atoms with Crippen molar-refractivity contribution in [3.8, 4) is 0 Å². The van der Waals surface area contributed by atoms with Crippen molar-refractivity contribution in [3.05, 3.63) is 0 Å². The van der Waals surface area contributed by atoms with E-state index < -0.39 is 0 Å². The average molecular weight is 1950 g/mol. The van der Waals surface area contributed by atoms with Gasteiger partial charge < -0.3 is 190 Å². The summed E-state index contributed by atoms with van der Waals surface area (Å²) in [5.41, 5.74) is 0. The van der Waals surface area contributed by atoms with Crippen LogP contribution in [0.4, 0.5) is 0 Å². The van der Waals surface area contributed by atoms with Crippen LogP contribution < -0.4 is 0 Å². The van der Waals surface area contributed by atoms with E-state index in [2.05, 4.69) is 6.92 Å². The molecule has 1 N–H and O–H groups in total. The standard InChI is InChI=1S/C93H188O40/c1-2-3-4-5-6-7-8-9-10-11-12-13-14-16-95-18-20-97-22-24-99-26-28-101-30-32-103-34-36-105-38-40-107-42-44-109-46-48-111-50-52-113-54-56-115-58-60-117-62-64-119-66-68-121-70-72-123-74-76-125-78-80-127-82-84-129-86-88-131-90-92-133-93-91-132-89-87-130-85-83-128-81-79-126-77-75-124-73-71-122-69-67-120-65-63-118-61-59-116-57-55-114-53-51-112-49-47-110-45-43-108-41-39-106-37-35-104-33-31-102-29-27-100-25-23-98-21-19-96-17-15-94/h94H,2-93H2,1H3. The number of aliphatic hydroxyl groups is 1. The van der Waals surface area contributed by atoms with Crippen molar-refractivity contribution in [2.75, 3.05) is 522 Å². The van der Waals surface area contributed by atoms with Crippen LogP contribution >= 0.6 is 0 Å². The summed E-state index contributed by atoms with van der Waals surface area (Å²) >= 11 is 0. The van der Waals surface area contributed by atoms with Gasteiger partial charge in [-0.2, -0.15) is 0 Å². The van der Waals surface area contributed by atoms with E-state index in [1.807, 2.05) is 0 Å². The van der Waals surface area contributed by atoms with Gasteiger partial charge in [-0.15, -0.1) is 0 Å². The number of unbranched alkanes of at least 4 members (excludes halogenated alkanes) is 12. The third kappa shape index (κ3) is 130. The maximum Gasteiger partial charge on any atom is 0.0701 e. The molecular weight excluding hydrogens is 1760 g/mol. The second-order valence-corrected chi connectivity index (χ2v) is 28.8. The predicted molar refractivity (Wildman–Crippen MR) is 495 cm³/mol. The number of ether oxygens (including phenoxy) is 39. The summed E-state index contributed by atoms with van der Waals surface area (Å²) in [6.07, 6.45) is 17.7. The van der Waals surface area contributed by atoms with Crippen molar-refractivity contribution in [2.24, 2.45) is 0 Å². The fourth-order valence-electron chi connectivity index (χ4n) is 10.7. The van der Waals surface area contributed by atoms with Gasteiger partial charge in [0, 0.05) is 6.61 Å². The van der Waals surface area contributed by atoms with Crippen LogP contribution in [0.2, 0.25) is 0 Å². The van der Waals surface area contributed by atoms with Crippen LogP contribution in [0.3, 0.4) is 0 Å². The fourth-order valence-corrected chi connectivity index (χ4v) is 10.7. The lowest BCUT2D eigenvalue weighted by Gasteiger charge is -2.09. The maximum atomic E-state index is 8.63. The first-order chi connectivity index (χ1) is 66.4. The van der Waals surface area contributed by atoms with E-state index in [0.29, 0.717) is 509 Å². The summed E-state index contributed by atoms with van der Waals surface area (Å²) in [5, 5.41) is 8.63. The summed E-state index contributed by atoms with van der Waals surface area (Å²) in [5.74, 6) is 0. The molecule has 40 nitrogen and oxygen atoms in total. The molecule has 0 fully saturated rings. The fraction of sp³-hybridized carbons (Fsp3) is 1.00. The summed E-state index contributed by atoms with van der Waals surface area (Å²) in [6, 6.07) is 0. The van der Waals surface area contributed by atoms with Gasteiger partial charge >= 0.3 is 0 Å². The SMILES string of the molecule is CCCCCCCCCCCCCCCOCCOCCOCCOCCOCCOCCOCCOCCOCCOCCOCCOCCOCCOCCOCCOCCOCCOCCOCCOCCOCCOCCOCCOCCOCCOCCOCCOCCOCCOCCOCCOCCOCCOCCOCCOCCOCCOCCOCCO. The Labute approximate surface area is 799 Å². The van der Waals surface area contributed by atoms with E-state index in [1.165, 1.54) is 77.0 Å². The molecule has 0 spiro atoms. The lowest BCUT2D eigenvalue weighted by Crippen LogP contribution is -2.16. The van der Waals surface area contributed by atoms with E-state index in [4.69, 9.17) is 190 Å². The molecule has 0 radical (unpaired) electrons. The minimum Gasteiger partial charge on any atom is -0.394 e. The zero-order valence-corrected chi connectivity index (χ0v) is 82.4. The largest absolute Gasteiger partial charge is 0.394 e. The first kappa shape index (κ1) is 131. The molecule has 0 unspecified atom stereocenters. The zero-order chi connectivity index (χ0) is 94.6. The quantitative estimate of drug-likeness (QED) is 0.0711. The van der Waals surface area contributed by atoms with Crippen LogP contribution in [-0.4, -0.2) is 527 Å². The number of hydrogen-bond acceptors (Lipinski definition) is 40. The average Bonchev–Trinajstić information content (AvgIpc) is 1.11. The van der Waals surface area contributed by atoms with Crippen molar-refractivity contribution in [3.63, 3.8) is 0 Å². The van der Waals surface area contributed by atoms with Gasteiger partial charge in [-0.05, 0) is 6.42 Å². The highest BCUT2D eigenvalue weighted by Gasteiger charge is 2.06. The Bertz CT molecular complexity index is 1700. The Morgan fingerprint density at radius 3 is 0.233 bits per heavy atom. The van der Waals surface area contributed by atoms with Crippen molar-refractivity contribution in [1.82, 2.24) is 0 Å². The lowest BCUT2D eigenvalue weighted by molar-refractivity contribution is -0.0328. The molecule has 0 saturated carbocycles. The van der Waals surface area contributed by atoms with Gasteiger partial charge in [-0.1, -0.05) is 84.0 Å². The van der Waals surface area contributed by atoms with Crippen LogP contribution in [0.15, 0.2) is 0 Å². The Kier molecular flexibility index (Phi) is 129. The molecule has 0 aliphatic rings. The van der Waals surface area contributed by atoms with Gasteiger partial charge in [0.15, 0.2) is 0 Å². The van der Waals surface area contributed by atoms with Gasteiger partial charge in [-0.3, -0.25) is 0 Å². The number of hydrogen-bond donors (Lipinski definition) is 1. The van der Waals surface area contributed by atoms with Gasteiger partial charge in [0.05, 0.1) is 515 Å². The Morgan fingerprint density at radius 1 is 0.0827 bits per heavy atom. The van der Waals surface area contributed by atoms with E-state index >= 15 is 0 Å². The number of rotatable bonds is 130. The van der Waals surface area contributed by atoms with Crippen LogP contribution in [0.5, 0.6) is 0 Å². The monoisotopic (exact) mass is 1950 g/mol. The van der Waals surface area contributed by atoms with Crippen molar-refractivity contribution >= 4 is 0 Å². The summed E-state index contributed by atoms with van der Waals surface area (Å²) in [7, 11) is 0. The summed E-state index contributed by atoms with van der Waals surface area (Å²) in [6.45, 7) is 40.5. The Morgan fingerprint density at radius 2 is 0.150 bits per heavy atom. The molecule has 0 aromatic carbocycles. The van der Waals surface area contributed by atoms with Gasteiger partial charge in [0.2, 0.25) is 0 Å². The highest BCUT2D eigenvalue weighted by molar-refractivity contribution is 4.52. The summed E-state index contributed by atoms with van der Waals surface area (Å²) < 4.78 is 216. The van der Waals surface area contributed by atoms with Crippen LogP contribution in [0.25, 0.3) is 0 Å². The first-order valence-electron chi connectivity index (χ1n) is 49.5.